The van der Waals surface area contributed by atoms with Crippen LogP contribution in [-0.4, -0.2) is 21.0 Å². The highest BCUT2D eigenvalue weighted by molar-refractivity contribution is 6.30. The molecule has 1 aromatic heterocycles. The van der Waals surface area contributed by atoms with Gasteiger partial charge >= 0.3 is 5.97 Å². The van der Waals surface area contributed by atoms with Crippen molar-refractivity contribution in [3.8, 4) is 11.4 Å². The van der Waals surface area contributed by atoms with E-state index in [4.69, 9.17) is 16.3 Å². The molecule has 116 valence electrons. The molecule has 6 heteroatoms. The van der Waals surface area contributed by atoms with Crippen molar-refractivity contribution < 1.29 is 9.53 Å². The number of ether oxygens (including phenoxy) is 1. The molecule has 0 atom stereocenters. The molecule has 0 aliphatic heterocycles. The van der Waals surface area contributed by atoms with E-state index >= 15 is 0 Å². The summed E-state index contributed by atoms with van der Waals surface area (Å²) < 4.78 is 6.98. The van der Waals surface area contributed by atoms with E-state index in [0.29, 0.717) is 16.5 Å². The summed E-state index contributed by atoms with van der Waals surface area (Å²) in [6.45, 7) is 3.64. The summed E-state index contributed by atoms with van der Waals surface area (Å²) in [4.78, 5) is 12.3. The standard InChI is InChI=1S/C17H14ClN3O2/c1-11-5-3-4-6-15(11)23-17(22)16-12(2)21(20-19-16)14-9-7-13(18)8-10-14/h3-10H,1-2H3. The number of benzene rings is 2. The van der Waals surface area contributed by atoms with Gasteiger partial charge in [0.05, 0.1) is 11.4 Å². The zero-order valence-corrected chi connectivity index (χ0v) is 13.4. The number of hydrogen-bond acceptors (Lipinski definition) is 4. The van der Waals surface area contributed by atoms with Crippen molar-refractivity contribution >= 4 is 17.6 Å². The molecule has 23 heavy (non-hydrogen) atoms. The van der Waals surface area contributed by atoms with Gasteiger partial charge in [0, 0.05) is 5.02 Å². The van der Waals surface area contributed by atoms with Crippen LogP contribution in [0.2, 0.25) is 5.02 Å². The molecule has 0 radical (unpaired) electrons. The van der Waals surface area contributed by atoms with Gasteiger partial charge in [-0.15, -0.1) is 5.10 Å². The predicted octanol–water partition coefficient (Wildman–Crippen LogP) is 3.76. The van der Waals surface area contributed by atoms with Crippen LogP contribution in [0, 0.1) is 13.8 Å². The van der Waals surface area contributed by atoms with E-state index in [0.717, 1.165) is 11.3 Å². The summed E-state index contributed by atoms with van der Waals surface area (Å²) >= 11 is 5.88. The lowest BCUT2D eigenvalue weighted by atomic mass is 10.2. The Morgan fingerprint density at radius 3 is 2.48 bits per heavy atom. The zero-order valence-electron chi connectivity index (χ0n) is 12.7. The number of rotatable bonds is 3. The van der Waals surface area contributed by atoms with Crippen LogP contribution in [0.25, 0.3) is 5.69 Å². The van der Waals surface area contributed by atoms with Crippen LogP contribution in [0.4, 0.5) is 0 Å². The number of hydrogen-bond donors (Lipinski definition) is 0. The Kier molecular flexibility index (Phi) is 4.12. The van der Waals surface area contributed by atoms with E-state index in [9.17, 15) is 4.79 Å². The van der Waals surface area contributed by atoms with Gasteiger partial charge in [-0.1, -0.05) is 35.0 Å². The molecular formula is C17H14ClN3O2. The Morgan fingerprint density at radius 2 is 1.78 bits per heavy atom. The molecule has 0 aliphatic rings. The Hall–Kier alpha value is -2.66. The van der Waals surface area contributed by atoms with Gasteiger partial charge in [0.25, 0.3) is 0 Å². The van der Waals surface area contributed by atoms with E-state index in [1.165, 1.54) is 0 Å². The zero-order chi connectivity index (χ0) is 16.4. The van der Waals surface area contributed by atoms with E-state index in [2.05, 4.69) is 10.3 Å². The first-order valence-electron chi connectivity index (χ1n) is 7.02. The van der Waals surface area contributed by atoms with Gasteiger partial charge in [0.15, 0.2) is 5.69 Å². The Bertz CT molecular complexity index is 857. The van der Waals surface area contributed by atoms with Gasteiger partial charge in [-0.25, -0.2) is 9.48 Å². The van der Waals surface area contributed by atoms with Crippen molar-refractivity contribution in [3.05, 3.63) is 70.5 Å². The van der Waals surface area contributed by atoms with Crippen molar-refractivity contribution in [2.75, 3.05) is 0 Å². The Balaban J connectivity index is 1.88. The Morgan fingerprint density at radius 1 is 1.09 bits per heavy atom. The van der Waals surface area contributed by atoms with Crippen molar-refractivity contribution in [1.29, 1.82) is 0 Å². The third-order valence-corrected chi connectivity index (χ3v) is 3.71. The number of esters is 1. The first-order valence-corrected chi connectivity index (χ1v) is 7.40. The summed E-state index contributed by atoms with van der Waals surface area (Å²) in [6, 6.07) is 14.4. The van der Waals surface area contributed by atoms with Crippen LogP contribution in [-0.2, 0) is 0 Å². The monoisotopic (exact) mass is 327 g/mol. The van der Waals surface area contributed by atoms with Gasteiger partial charge < -0.3 is 4.74 Å². The van der Waals surface area contributed by atoms with E-state index < -0.39 is 5.97 Å². The highest BCUT2D eigenvalue weighted by Crippen LogP contribution is 2.20. The van der Waals surface area contributed by atoms with Crippen LogP contribution in [0.5, 0.6) is 5.75 Å². The van der Waals surface area contributed by atoms with E-state index in [1.807, 2.05) is 25.1 Å². The molecule has 0 aliphatic carbocycles. The Labute approximate surface area is 138 Å². The van der Waals surface area contributed by atoms with Crippen molar-refractivity contribution in [2.24, 2.45) is 0 Å². The molecule has 0 saturated carbocycles. The lowest BCUT2D eigenvalue weighted by Crippen LogP contribution is -2.12. The highest BCUT2D eigenvalue weighted by Gasteiger charge is 2.20. The van der Waals surface area contributed by atoms with Gasteiger partial charge in [-0.2, -0.15) is 0 Å². The molecule has 2 aromatic carbocycles. The molecular weight excluding hydrogens is 314 g/mol. The third-order valence-electron chi connectivity index (χ3n) is 3.46. The molecule has 0 bridgehead atoms. The first-order chi connectivity index (χ1) is 11.1. The lowest BCUT2D eigenvalue weighted by molar-refractivity contribution is 0.0726. The molecule has 3 aromatic rings. The van der Waals surface area contributed by atoms with Crippen LogP contribution >= 0.6 is 11.6 Å². The molecule has 0 N–H and O–H groups in total. The van der Waals surface area contributed by atoms with E-state index in [-0.39, 0.29) is 5.69 Å². The van der Waals surface area contributed by atoms with Gasteiger partial charge in [0.1, 0.15) is 5.75 Å². The molecule has 5 nitrogen and oxygen atoms in total. The average molecular weight is 328 g/mol. The number of halogens is 1. The summed E-state index contributed by atoms with van der Waals surface area (Å²) in [5.41, 5.74) is 2.44. The maximum Gasteiger partial charge on any atom is 0.366 e. The molecule has 3 rings (SSSR count). The fourth-order valence-corrected chi connectivity index (χ4v) is 2.29. The minimum atomic E-state index is -0.531. The number of carbonyl (C=O) groups excluding carboxylic acids is 1. The number of aryl methyl sites for hydroxylation is 1. The van der Waals surface area contributed by atoms with Crippen molar-refractivity contribution in [1.82, 2.24) is 15.0 Å². The first kappa shape index (κ1) is 15.2. The minimum absolute atomic E-state index is 0.184. The lowest BCUT2D eigenvalue weighted by Gasteiger charge is -2.06. The summed E-state index contributed by atoms with van der Waals surface area (Å²) in [5.74, 6) is -0.0186. The second-order valence-corrected chi connectivity index (χ2v) is 5.50. The van der Waals surface area contributed by atoms with Gasteiger partial charge in [0.2, 0.25) is 0 Å². The van der Waals surface area contributed by atoms with Crippen LogP contribution < -0.4 is 4.74 Å². The fourth-order valence-electron chi connectivity index (χ4n) is 2.16. The number of carbonyl (C=O) groups is 1. The maximum atomic E-state index is 12.3. The second kappa shape index (κ2) is 6.22. The van der Waals surface area contributed by atoms with Crippen molar-refractivity contribution in [2.45, 2.75) is 13.8 Å². The third kappa shape index (κ3) is 3.10. The van der Waals surface area contributed by atoms with Crippen molar-refractivity contribution in [3.63, 3.8) is 0 Å². The van der Waals surface area contributed by atoms with E-state index in [1.54, 1.807) is 41.9 Å². The molecule has 1 heterocycles. The van der Waals surface area contributed by atoms with Crippen LogP contribution in [0.1, 0.15) is 21.7 Å². The quantitative estimate of drug-likeness (QED) is 0.543. The van der Waals surface area contributed by atoms with Crippen LogP contribution in [0.3, 0.4) is 0 Å². The molecule has 0 spiro atoms. The summed E-state index contributed by atoms with van der Waals surface area (Å²) in [6.07, 6.45) is 0. The van der Waals surface area contributed by atoms with Crippen LogP contribution in [0.15, 0.2) is 48.5 Å². The highest BCUT2D eigenvalue weighted by atomic mass is 35.5. The van der Waals surface area contributed by atoms with Gasteiger partial charge in [-0.3, -0.25) is 0 Å². The predicted molar refractivity (Wildman–Crippen MR) is 87.2 cm³/mol. The second-order valence-electron chi connectivity index (χ2n) is 5.07. The number of aromatic nitrogens is 3. The largest absolute Gasteiger partial charge is 0.421 e. The summed E-state index contributed by atoms with van der Waals surface area (Å²) in [7, 11) is 0. The molecule has 0 fully saturated rings. The smallest absolute Gasteiger partial charge is 0.366 e. The number of nitrogens with zero attached hydrogens (tertiary/aromatic N) is 3. The fraction of sp³-hybridized carbons (Fsp3) is 0.118. The topological polar surface area (TPSA) is 57.0 Å². The molecule has 0 saturated heterocycles. The maximum absolute atomic E-state index is 12.3. The SMILES string of the molecule is Cc1ccccc1OC(=O)c1nnn(-c2ccc(Cl)cc2)c1C. The van der Waals surface area contributed by atoms with Gasteiger partial charge in [-0.05, 0) is 49.7 Å². The normalized spacial score (nSPS) is 10.6. The average Bonchev–Trinajstić information content (AvgIpc) is 2.92. The summed E-state index contributed by atoms with van der Waals surface area (Å²) in [5, 5.41) is 8.60. The molecule has 0 amide bonds. The molecule has 0 unspecified atom stereocenters. The minimum Gasteiger partial charge on any atom is -0.421 e. The number of para-hydroxylation sites is 1.